The van der Waals surface area contributed by atoms with E-state index in [4.69, 9.17) is 4.74 Å². The van der Waals surface area contributed by atoms with Crippen molar-refractivity contribution < 1.29 is 4.74 Å². The highest BCUT2D eigenvalue weighted by atomic mass is 32.2. The van der Waals surface area contributed by atoms with Crippen molar-refractivity contribution >= 4 is 23.5 Å². The van der Waals surface area contributed by atoms with Crippen LogP contribution in [0, 0.1) is 5.92 Å². The summed E-state index contributed by atoms with van der Waals surface area (Å²) in [4.78, 5) is 1.39. The Kier molecular flexibility index (Phi) is 3.92. The smallest absolute Gasteiger partial charge is 0.0823 e. The molecule has 3 rings (SSSR count). The Morgan fingerprint density at radius 3 is 2.67 bits per heavy atom. The van der Waals surface area contributed by atoms with Crippen molar-refractivity contribution in [2.75, 3.05) is 18.1 Å². The van der Waals surface area contributed by atoms with Gasteiger partial charge in [0.25, 0.3) is 0 Å². The quantitative estimate of drug-likeness (QED) is 0.808. The summed E-state index contributed by atoms with van der Waals surface area (Å²) in [5.74, 6) is 3.19. The highest BCUT2D eigenvalue weighted by Crippen LogP contribution is 2.48. The van der Waals surface area contributed by atoms with Gasteiger partial charge in [-0.05, 0) is 42.4 Å². The van der Waals surface area contributed by atoms with Crippen LogP contribution in [-0.4, -0.2) is 29.0 Å². The van der Waals surface area contributed by atoms with Gasteiger partial charge in [0, 0.05) is 10.1 Å². The molecule has 0 bridgehead atoms. The molecule has 1 nitrogen and oxygen atoms in total. The van der Waals surface area contributed by atoms with Gasteiger partial charge < -0.3 is 4.74 Å². The Morgan fingerprint density at radius 2 is 1.94 bits per heavy atom. The second-order valence-corrected chi connectivity index (χ2v) is 7.76. The Morgan fingerprint density at radius 1 is 1.22 bits per heavy atom. The van der Waals surface area contributed by atoms with Crippen LogP contribution in [0.5, 0.6) is 0 Å². The molecule has 2 aliphatic rings. The lowest BCUT2D eigenvalue weighted by Crippen LogP contribution is -2.42. The molecule has 2 atom stereocenters. The largest absolute Gasteiger partial charge is 0.373 e. The predicted octanol–water partition coefficient (Wildman–Crippen LogP) is 4.08. The first-order valence-electron chi connectivity index (χ1n) is 6.74. The van der Waals surface area contributed by atoms with Crippen molar-refractivity contribution in [2.45, 2.75) is 35.5 Å². The number of ether oxygens (including phenoxy) is 1. The van der Waals surface area contributed by atoms with Crippen LogP contribution in [0.4, 0.5) is 0 Å². The minimum atomic E-state index is 0.158. The van der Waals surface area contributed by atoms with Gasteiger partial charge in [-0.1, -0.05) is 25.1 Å². The number of rotatable bonds is 2. The molecule has 1 aromatic carbocycles. The number of thioether (sulfide) groups is 2. The summed E-state index contributed by atoms with van der Waals surface area (Å²) in [6.07, 6.45) is 2.46. The zero-order valence-electron chi connectivity index (χ0n) is 10.8. The lowest BCUT2D eigenvalue weighted by molar-refractivity contribution is -0.000110. The van der Waals surface area contributed by atoms with Crippen LogP contribution in [0.1, 0.15) is 19.8 Å². The number of hydrogen-bond acceptors (Lipinski definition) is 3. The molecule has 0 aliphatic carbocycles. The van der Waals surface area contributed by atoms with Crippen LogP contribution < -0.4 is 0 Å². The molecule has 98 valence electrons. The molecule has 1 spiro atoms. The Balaban J connectivity index is 1.79. The lowest BCUT2D eigenvalue weighted by Gasteiger charge is -2.38. The van der Waals surface area contributed by atoms with Crippen LogP contribution in [0.3, 0.4) is 0 Å². The monoisotopic (exact) mass is 280 g/mol. The highest BCUT2D eigenvalue weighted by Gasteiger charge is 2.49. The van der Waals surface area contributed by atoms with E-state index in [0.717, 1.165) is 6.61 Å². The molecule has 2 saturated heterocycles. The van der Waals surface area contributed by atoms with Crippen molar-refractivity contribution in [3.63, 3.8) is 0 Å². The van der Waals surface area contributed by atoms with E-state index in [9.17, 15) is 0 Å². The molecule has 2 heterocycles. The van der Waals surface area contributed by atoms with Gasteiger partial charge in [0.2, 0.25) is 0 Å². The summed E-state index contributed by atoms with van der Waals surface area (Å²) < 4.78 is 6.24. The summed E-state index contributed by atoms with van der Waals surface area (Å²) in [6, 6.07) is 10.8. The average Bonchev–Trinajstić information content (AvgIpc) is 2.71. The van der Waals surface area contributed by atoms with E-state index in [1.807, 2.05) is 11.8 Å². The van der Waals surface area contributed by atoms with Gasteiger partial charge in [-0.15, -0.1) is 11.8 Å². The van der Waals surface area contributed by atoms with E-state index in [2.05, 4.69) is 49.0 Å². The molecule has 0 radical (unpaired) electrons. The second kappa shape index (κ2) is 5.48. The van der Waals surface area contributed by atoms with Crippen molar-refractivity contribution in [3.05, 3.63) is 30.3 Å². The number of benzene rings is 1. The van der Waals surface area contributed by atoms with Gasteiger partial charge in [0.1, 0.15) is 0 Å². The third-order valence-corrected chi connectivity index (χ3v) is 6.69. The molecule has 1 aromatic rings. The molecule has 2 aliphatic heterocycles. The maximum Gasteiger partial charge on any atom is 0.0823 e. The molecular weight excluding hydrogens is 260 g/mol. The summed E-state index contributed by atoms with van der Waals surface area (Å²) >= 11 is 4.11. The third-order valence-electron chi connectivity index (χ3n) is 4.01. The first-order chi connectivity index (χ1) is 8.80. The topological polar surface area (TPSA) is 9.23 Å². The minimum absolute atomic E-state index is 0.158. The van der Waals surface area contributed by atoms with Crippen LogP contribution >= 0.6 is 23.5 Å². The summed E-state index contributed by atoms with van der Waals surface area (Å²) in [6.45, 7) is 3.28. The van der Waals surface area contributed by atoms with Gasteiger partial charge in [-0.3, -0.25) is 0 Å². The van der Waals surface area contributed by atoms with Gasteiger partial charge in [-0.2, -0.15) is 11.8 Å². The summed E-state index contributed by atoms with van der Waals surface area (Å²) in [5, 5.41) is 0.626. The van der Waals surface area contributed by atoms with E-state index >= 15 is 0 Å². The Labute approximate surface area is 118 Å². The van der Waals surface area contributed by atoms with Gasteiger partial charge in [0.05, 0.1) is 12.2 Å². The molecule has 0 aromatic heterocycles. The molecule has 0 N–H and O–H groups in total. The minimum Gasteiger partial charge on any atom is -0.373 e. The van der Waals surface area contributed by atoms with E-state index in [0.29, 0.717) is 11.2 Å². The lowest BCUT2D eigenvalue weighted by atomic mass is 9.89. The van der Waals surface area contributed by atoms with E-state index < -0.39 is 0 Å². The predicted molar refractivity (Wildman–Crippen MR) is 80.5 cm³/mol. The standard InChI is InChI=1S/C15H20OS2/c1-12-11-16-15(7-9-17-10-8-15)14(12)18-13-5-3-2-4-6-13/h2-6,12,14H,7-11H2,1H3/t12-,14-/m0/s1. The molecular formula is C15H20OS2. The molecule has 0 amide bonds. The van der Waals surface area contributed by atoms with Gasteiger partial charge in [-0.25, -0.2) is 0 Å². The highest BCUT2D eigenvalue weighted by molar-refractivity contribution is 8.00. The van der Waals surface area contributed by atoms with Gasteiger partial charge >= 0.3 is 0 Å². The molecule has 18 heavy (non-hydrogen) atoms. The maximum atomic E-state index is 6.24. The van der Waals surface area contributed by atoms with Crippen molar-refractivity contribution in [1.29, 1.82) is 0 Å². The maximum absolute atomic E-state index is 6.24. The van der Waals surface area contributed by atoms with Gasteiger partial charge in [0.15, 0.2) is 0 Å². The fourth-order valence-corrected chi connectivity index (χ4v) is 5.62. The van der Waals surface area contributed by atoms with Crippen LogP contribution in [-0.2, 0) is 4.74 Å². The van der Waals surface area contributed by atoms with Crippen molar-refractivity contribution in [3.8, 4) is 0 Å². The number of hydrogen-bond donors (Lipinski definition) is 0. The van der Waals surface area contributed by atoms with E-state index in [-0.39, 0.29) is 5.60 Å². The fraction of sp³-hybridized carbons (Fsp3) is 0.600. The van der Waals surface area contributed by atoms with E-state index in [1.165, 1.54) is 29.2 Å². The first kappa shape index (κ1) is 12.9. The molecule has 3 heteroatoms. The molecule has 2 fully saturated rings. The van der Waals surface area contributed by atoms with Crippen molar-refractivity contribution in [1.82, 2.24) is 0 Å². The first-order valence-corrected chi connectivity index (χ1v) is 8.77. The van der Waals surface area contributed by atoms with Crippen molar-refractivity contribution in [2.24, 2.45) is 5.92 Å². The third kappa shape index (κ3) is 2.45. The summed E-state index contributed by atoms with van der Waals surface area (Å²) in [7, 11) is 0. The Hall–Kier alpha value is -0.120. The average molecular weight is 280 g/mol. The molecule has 0 saturated carbocycles. The zero-order valence-corrected chi connectivity index (χ0v) is 12.4. The summed E-state index contributed by atoms with van der Waals surface area (Å²) in [5.41, 5.74) is 0.158. The van der Waals surface area contributed by atoms with Crippen LogP contribution in [0.15, 0.2) is 35.2 Å². The second-order valence-electron chi connectivity index (χ2n) is 5.32. The zero-order chi connectivity index (χ0) is 12.4. The molecule has 0 unspecified atom stereocenters. The van der Waals surface area contributed by atoms with Crippen LogP contribution in [0.2, 0.25) is 0 Å². The van der Waals surface area contributed by atoms with Crippen LogP contribution in [0.25, 0.3) is 0 Å². The SMILES string of the molecule is C[C@H]1COC2(CCSCC2)[C@H]1Sc1ccccc1. The normalized spacial score (nSPS) is 30.7. The fourth-order valence-electron chi connectivity index (χ4n) is 3.00. The van der Waals surface area contributed by atoms with E-state index in [1.54, 1.807) is 0 Å². The Bertz CT molecular complexity index is 381.